The van der Waals surface area contributed by atoms with Gasteiger partial charge >= 0.3 is 0 Å². The summed E-state index contributed by atoms with van der Waals surface area (Å²) in [6.07, 6.45) is -2.03. The highest BCUT2D eigenvalue weighted by Crippen LogP contribution is 2.34. The summed E-state index contributed by atoms with van der Waals surface area (Å²) in [6.45, 7) is 7.24. The van der Waals surface area contributed by atoms with Crippen LogP contribution >= 0.6 is 0 Å². The van der Waals surface area contributed by atoms with E-state index in [0.29, 0.717) is 23.4 Å². The number of aliphatic hydroxyl groups is 2. The minimum atomic E-state index is -2.58. The number of alkyl halides is 2. The van der Waals surface area contributed by atoms with Gasteiger partial charge in [-0.3, -0.25) is 10.3 Å². The van der Waals surface area contributed by atoms with Gasteiger partial charge in [-0.15, -0.1) is 0 Å². The van der Waals surface area contributed by atoms with Gasteiger partial charge in [0.25, 0.3) is 6.43 Å². The van der Waals surface area contributed by atoms with Gasteiger partial charge in [-0.2, -0.15) is 0 Å². The van der Waals surface area contributed by atoms with E-state index in [-0.39, 0.29) is 17.5 Å². The van der Waals surface area contributed by atoms with Crippen molar-refractivity contribution in [1.29, 1.82) is 0 Å². The molecule has 1 aliphatic rings. The molecule has 1 fully saturated rings. The number of piperidine rings is 1. The summed E-state index contributed by atoms with van der Waals surface area (Å²) in [5, 5.41) is 24.2. The van der Waals surface area contributed by atoms with E-state index < -0.39 is 18.8 Å². The van der Waals surface area contributed by atoms with Crippen LogP contribution in [0.2, 0.25) is 0 Å². The second-order valence-corrected chi connectivity index (χ2v) is 8.16. The van der Waals surface area contributed by atoms with Gasteiger partial charge in [-0.1, -0.05) is 20.8 Å². The molecule has 3 rings (SSSR count). The quantitative estimate of drug-likeness (QED) is 0.657. The van der Waals surface area contributed by atoms with E-state index in [0.717, 1.165) is 18.7 Å². The minimum Gasteiger partial charge on any atom is -0.389 e. The molecule has 7 heteroatoms. The number of hydrogen-bond acceptors (Lipinski definition) is 5. The van der Waals surface area contributed by atoms with E-state index in [4.69, 9.17) is 0 Å². The van der Waals surface area contributed by atoms with Crippen LogP contribution in [0.25, 0.3) is 10.9 Å². The maximum atomic E-state index is 13.4. The lowest BCUT2D eigenvalue weighted by Crippen LogP contribution is -2.55. The molecule has 28 heavy (non-hydrogen) atoms. The maximum Gasteiger partial charge on any atom is 0.265 e. The number of nitrogens with one attached hydrogen (secondary N) is 1. The second kappa shape index (κ2) is 8.68. The highest BCUT2D eigenvalue weighted by molar-refractivity contribution is 5.94. The highest BCUT2D eigenvalue weighted by atomic mass is 19.3. The maximum absolute atomic E-state index is 13.4. The molecule has 0 bridgehead atoms. The van der Waals surface area contributed by atoms with E-state index in [9.17, 15) is 19.0 Å². The number of pyridine rings is 1. The molecule has 5 nitrogen and oxygen atoms in total. The first-order valence-corrected chi connectivity index (χ1v) is 9.80. The van der Waals surface area contributed by atoms with Gasteiger partial charge in [0.15, 0.2) is 0 Å². The molecule has 1 aromatic carbocycles. The van der Waals surface area contributed by atoms with E-state index in [1.807, 2.05) is 19.9 Å². The third-order valence-electron chi connectivity index (χ3n) is 5.43. The normalized spacial score (nSPS) is 22.8. The fraction of sp³-hybridized carbons (Fsp3) is 0.571. The molecule has 0 saturated carbocycles. The molecule has 0 aliphatic carbocycles. The Morgan fingerprint density at radius 1 is 1.18 bits per heavy atom. The monoisotopic (exact) mass is 393 g/mol. The highest BCUT2D eigenvalue weighted by Gasteiger charge is 2.30. The number of fused-ring (bicyclic) bond motifs is 1. The van der Waals surface area contributed by atoms with Gasteiger partial charge in [-0.25, -0.2) is 8.78 Å². The van der Waals surface area contributed by atoms with Crippen LogP contribution in [0.4, 0.5) is 14.5 Å². The molecule has 154 valence electrons. The van der Waals surface area contributed by atoms with E-state index in [2.05, 4.69) is 22.1 Å². The molecule has 2 heterocycles. The van der Waals surface area contributed by atoms with Gasteiger partial charge < -0.3 is 15.1 Å². The Morgan fingerprint density at radius 2 is 1.93 bits per heavy atom. The summed E-state index contributed by atoms with van der Waals surface area (Å²) < 4.78 is 26.7. The summed E-state index contributed by atoms with van der Waals surface area (Å²) in [5.74, 6) is 0.285. The number of aromatic nitrogens is 1. The predicted molar refractivity (Wildman–Crippen MR) is 106 cm³/mol. The number of hydrogen-bond donors (Lipinski definition) is 3. The SMILES string of the molecule is CC(C)[C@H](O)C(O)N[C@@H]1C[C@H](C)CN(c2ccc(C(F)F)c3ncccc23)C1. The van der Waals surface area contributed by atoms with Crippen LogP contribution in [0.3, 0.4) is 0 Å². The van der Waals surface area contributed by atoms with Crippen molar-refractivity contribution in [2.45, 2.75) is 52.0 Å². The molecular weight excluding hydrogens is 364 g/mol. The Morgan fingerprint density at radius 3 is 2.61 bits per heavy atom. The Kier molecular flexibility index (Phi) is 6.47. The lowest BCUT2D eigenvalue weighted by atomic mass is 9.94. The lowest BCUT2D eigenvalue weighted by Gasteiger charge is -2.40. The fourth-order valence-electron chi connectivity index (χ4n) is 4.00. The topological polar surface area (TPSA) is 68.6 Å². The van der Waals surface area contributed by atoms with Gasteiger partial charge in [-0.05, 0) is 42.5 Å². The minimum absolute atomic E-state index is 0.0198. The number of aliphatic hydroxyl groups excluding tert-OH is 2. The number of nitrogens with zero attached hydrogens (tertiary/aromatic N) is 2. The summed E-state index contributed by atoms with van der Waals surface area (Å²) in [4.78, 5) is 6.34. The van der Waals surface area contributed by atoms with Crippen molar-refractivity contribution in [2.24, 2.45) is 11.8 Å². The van der Waals surface area contributed by atoms with Crippen LogP contribution in [0.15, 0.2) is 30.5 Å². The summed E-state index contributed by atoms with van der Waals surface area (Å²) >= 11 is 0. The standard InChI is InChI=1S/C21H29F2N3O2/c1-12(2)19(27)21(28)25-14-9-13(3)10-26(11-14)17-7-6-16(20(22)23)18-15(17)5-4-8-24-18/h4-8,12-14,19-21,25,27-28H,9-11H2,1-3H3/t13-,14+,19-,21?/m0/s1. The molecule has 3 N–H and O–H groups in total. The largest absolute Gasteiger partial charge is 0.389 e. The third kappa shape index (κ3) is 4.42. The molecule has 2 aromatic rings. The number of benzene rings is 1. The molecule has 1 saturated heterocycles. The molecule has 1 aliphatic heterocycles. The van der Waals surface area contributed by atoms with Crippen LogP contribution in [-0.2, 0) is 0 Å². The van der Waals surface area contributed by atoms with E-state index in [1.54, 1.807) is 12.1 Å². The van der Waals surface area contributed by atoms with Gasteiger partial charge in [0, 0.05) is 42.0 Å². The second-order valence-electron chi connectivity index (χ2n) is 8.16. The van der Waals surface area contributed by atoms with Crippen molar-refractivity contribution in [3.8, 4) is 0 Å². The molecule has 0 spiro atoms. The average Bonchev–Trinajstić information content (AvgIpc) is 2.65. The molecular formula is C21H29F2N3O2. The zero-order valence-electron chi connectivity index (χ0n) is 16.5. The van der Waals surface area contributed by atoms with Crippen LogP contribution in [0.5, 0.6) is 0 Å². The lowest BCUT2D eigenvalue weighted by molar-refractivity contribution is -0.0342. The molecule has 0 radical (unpaired) electrons. The van der Waals surface area contributed by atoms with Crippen LogP contribution in [0.1, 0.15) is 39.2 Å². The predicted octanol–water partition coefficient (Wildman–Crippen LogP) is 3.31. The van der Waals surface area contributed by atoms with Crippen molar-refractivity contribution < 1.29 is 19.0 Å². The first kappa shape index (κ1) is 20.9. The Labute approximate surface area is 164 Å². The van der Waals surface area contributed by atoms with E-state index >= 15 is 0 Å². The number of halogens is 2. The van der Waals surface area contributed by atoms with Crippen LogP contribution < -0.4 is 10.2 Å². The van der Waals surface area contributed by atoms with Gasteiger partial charge in [0.05, 0.1) is 11.6 Å². The Hall–Kier alpha value is -1.83. The van der Waals surface area contributed by atoms with Gasteiger partial charge in [0.2, 0.25) is 0 Å². The zero-order chi connectivity index (χ0) is 20.4. The molecule has 0 amide bonds. The average molecular weight is 393 g/mol. The summed E-state index contributed by atoms with van der Waals surface area (Å²) in [7, 11) is 0. The zero-order valence-corrected chi connectivity index (χ0v) is 16.5. The van der Waals surface area contributed by atoms with Crippen molar-refractivity contribution in [3.63, 3.8) is 0 Å². The fourth-order valence-corrected chi connectivity index (χ4v) is 4.00. The smallest absolute Gasteiger partial charge is 0.265 e. The van der Waals surface area contributed by atoms with Crippen molar-refractivity contribution in [2.75, 3.05) is 18.0 Å². The molecule has 1 unspecified atom stereocenters. The number of anilines is 1. The van der Waals surface area contributed by atoms with E-state index in [1.165, 1.54) is 12.3 Å². The molecule has 4 atom stereocenters. The first-order chi connectivity index (χ1) is 13.3. The Balaban J connectivity index is 1.86. The van der Waals surface area contributed by atoms with Crippen molar-refractivity contribution >= 4 is 16.6 Å². The van der Waals surface area contributed by atoms with Crippen molar-refractivity contribution in [3.05, 3.63) is 36.0 Å². The van der Waals surface area contributed by atoms with Crippen LogP contribution in [-0.4, -0.2) is 46.7 Å². The summed E-state index contributed by atoms with van der Waals surface area (Å²) in [6, 6.07) is 6.75. The Bertz CT molecular complexity index is 802. The summed E-state index contributed by atoms with van der Waals surface area (Å²) in [5.41, 5.74) is 1.13. The van der Waals surface area contributed by atoms with Crippen LogP contribution in [0, 0.1) is 11.8 Å². The first-order valence-electron chi connectivity index (χ1n) is 9.80. The van der Waals surface area contributed by atoms with Crippen molar-refractivity contribution in [1.82, 2.24) is 10.3 Å². The number of rotatable bonds is 6. The third-order valence-corrected chi connectivity index (χ3v) is 5.43. The van der Waals surface area contributed by atoms with Gasteiger partial charge in [0.1, 0.15) is 6.23 Å². The molecule has 1 aromatic heterocycles.